The summed E-state index contributed by atoms with van der Waals surface area (Å²) in [6.45, 7) is 0.755. The normalized spacial score (nSPS) is 15.7. The van der Waals surface area contributed by atoms with Crippen LogP contribution in [-0.4, -0.2) is 17.5 Å². The van der Waals surface area contributed by atoms with E-state index in [0.29, 0.717) is 5.96 Å². The number of nitriles is 1. The Bertz CT molecular complexity index is 684. The van der Waals surface area contributed by atoms with Gasteiger partial charge in [-0.15, -0.1) is 4.99 Å². The molecule has 110 valence electrons. The molecule has 0 bridgehead atoms. The van der Waals surface area contributed by atoms with Crippen LogP contribution in [0.5, 0.6) is 0 Å². The first-order chi connectivity index (χ1) is 10.8. The number of benzene rings is 1. The van der Waals surface area contributed by atoms with Gasteiger partial charge in [-0.25, -0.2) is 0 Å². The number of hydrogen-bond acceptors (Lipinski definition) is 3. The van der Waals surface area contributed by atoms with Gasteiger partial charge in [0.15, 0.2) is 0 Å². The van der Waals surface area contributed by atoms with Crippen LogP contribution < -0.4 is 10.6 Å². The maximum atomic E-state index is 8.84. The van der Waals surface area contributed by atoms with Crippen molar-refractivity contribution in [3.05, 3.63) is 60.4 Å². The third-order valence-electron chi connectivity index (χ3n) is 3.92. The van der Waals surface area contributed by atoms with E-state index in [1.165, 1.54) is 5.56 Å². The second kappa shape index (κ2) is 6.27. The van der Waals surface area contributed by atoms with Gasteiger partial charge in [-0.2, -0.15) is 5.26 Å². The molecule has 3 rings (SSSR count). The smallest absolute Gasteiger partial charge is 0.211 e. The Kier molecular flexibility index (Phi) is 4.01. The topological polar surface area (TPSA) is 73.1 Å². The van der Waals surface area contributed by atoms with Crippen molar-refractivity contribution in [1.82, 2.24) is 10.3 Å². The van der Waals surface area contributed by atoms with E-state index in [0.717, 1.165) is 25.1 Å². The molecule has 0 saturated heterocycles. The number of anilines is 1. The van der Waals surface area contributed by atoms with E-state index in [1.54, 1.807) is 12.4 Å². The third-order valence-corrected chi connectivity index (χ3v) is 3.92. The highest BCUT2D eigenvalue weighted by atomic mass is 15.2. The van der Waals surface area contributed by atoms with Crippen LogP contribution in [0.15, 0.2) is 59.9 Å². The zero-order valence-electron chi connectivity index (χ0n) is 12.2. The molecule has 1 aliphatic carbocycles. The van der Waals surface area contributed by atoms with Crippen molar-refractivity contribution < 1.29 is 0 Å². The molecule has 1 heterocycles. The third kappa shape index (κ3) is 3.23. The van der Waals surface area contributed by atoms with Crippen LogP contribution in [0.4, 0.5) is 5.69 Å². The van der Waals surface area contributed by atoms with Gasteiger partial charge in [0.05, 0.1) is 11.9 Å². The lowest BCUT2D eigenvalue weighted by Crippen LogP contribution is -2.36. The Hall–Kier alpha value is -2.87. The van der Waals surface area contributed by atoms with Crippen LogP contribution in [0, 0.1) is 11.5 Å². The molecule has 0 radical (unpaired) electrons. The molecule has 5 heteroatoms. The van der Waals surface area contributed by atoms with E-state index in [2.05, 4.69) is 44.9 Å². The number of nitrogens with zero attached hydrogens (tertiary/aromatic N) is 3. The Labute approximate surface area is 129 Å². The summed E-state index contributed by atoms with van der Waals surface area (Å²) in [5.74, 6) is 0.456. The van der Waals surface area contributed by atoms with Crippen molar-refractivity contribution in [2.75, 3.05) is 11.9 Å². The van der Waals surface area contributed by atoms with Crippen molar-refractivity contribution >= 4 is 11.6 Å². The predicted molar refractivity (Wildman–Crippen MR) is 86.3 cm³/mol. The van der Waals surface area contributed by atoms with Crippen LogP contribution in [0.1, 0.15) is 18.4 Å². The maximum Gasteiger partial charge on any atom is 0.211 e. The Morgan fingerprint density at radius 2 is 2.05 bits per heavy atom. The van der Waals surface area contributed by atoms with E-state index in [4.69, 9.17) is 5.26 Å². The molecule has 1 fully saturated rings. The van der Waals surface area contributed by atoms with Gasteiger partial charge in [0.2, 0.25) is 12.2 Å². The molecular weight excluding hydrogens is 274 g/mol. The van der Waals surface area contributed by atoms with Crippen molar-refractivity contribution in [2.45, 2.75) is 18.3 Å². The molecule has 0 unspecified atom stereocenters. The molecule has 2 aromatic rings. The number of guanidine groups is 1. The zero-order valence-corrected chi connectivity index (χ0v) is 12.2. The van der Waals surface area contributed by atoms with Gasteiger partial charge < -0.3 is 10.6 Å². The summed E-state index contributed by atoms with van der Waals surface area (Å²) >= 11 is 0. The van der Waals surface area contributed by atoms with E-state index in [9.17, 15) is 0 Å². The monoisotopic (exact) mass is 291 g/mol. The lowest BCUT2D eigenvalue weighted by molar-refractivity contribution is 0.658. The molecule has 22 heavy (non-hydrogen) atoms. The Morgan fingerprint density at radius 3 is 2.68 bits per heavy atom. The SMILES string of the molecule is N#C/N=C(/NCC1(c2ccccc2)CC1)Nc1cccnc1. The van der Waals surface area contributed by atoms with Gasteiger partial charge in [0.1, 0.15) is 0 Å². The highest BCUT2D eigenvalue weighted by molar-refractivity contribution is 5.94. The summed E-state index contributed by atoms with van der Waals surface area (Å²) in [5, 5.41) is 15.2. The summed E-state index contributed by atoms with van der Waals surface area (Å²) in [6, 6.07) is 14.2. The molecular formula is C17H17N5. The average Bonchev–Trinajstić information content (AvgIpc) is 3.36. The van der Waals surface area contributed by atoms with Crippen molar-refractivity contribution in [2.24, 2.45) is 4.99 Å². The highest BCUT2D eigenvalue weighted by Gasteiger charge is 2.44. The quantitative estimate of drug-likeness (QED) is 0.516. The van der Waals surface area contributed by atoms with Crippen LogP contribution in [0.2, 0.25) is 0 Å². The van der Waals surface area contributed by atoms with E-state index >= 15 is 0 Å². The van der Waals surface area contributed by atoms with Crippen molar-refractivity contribution in [3.63, 3.8) is 0 Å². The first-order valence-corrected chi connectivity index (χ1v) is 7.26. The fourth-order valence-electron chi connectivity index (χ4n) is 2.50. The molecule has 1 aromatic heterocycles. The number of aliphatic imine (C=N–C) groups is 1. The van der Waals surface area contributed by atoms with Gasteiger partial charge >= 0.3 is 0 Å². The van der Waals surface area contributed by atoms with E-state index < -0.39 is 0 Å². The van der Waals surface area contributed by atoms with Gasteiger partial charge in [-0.3, -0.25) is 4.98 Å². The summed E-state index contributed by atoms with van der Waals surface area (Å²) in [5.41, 5.74) is 2.29. The molecule has 1 aromatic carbocycles. The van der Waals surface area contributed by atoms with Crippen LogP contribution in [0.25, 0.3) is 0 Å². The van der Waals surface area contributed by atoms with E-state index in [-0.39, 0.29) is 5.41 Å². The second-order valence-electron chi connectivity index (χ2n) is 5.43. The minimum Gasteiger partial charge on any atom is -0.354 e. The molecule has 0 spiro atoms. The first-order valence-electron chi connectivity index (χ1n) is 7.26. The minimum atomic E-state index is 0.161. The van der Waals surface area contributed by atoms with Crippen molar-refractivity contribution in [1.29, 1.82) is 5.26 Å². The van der Waals surface area contributed by atoms with Crippen LogP contribution >= 0.6 is 0 Å². The van der Waals surface area contributed by atoms with Crippen LogP contribution in [0.3, 0.4) is 0 Å². The molecule has 5 nitrogen and oxygen atoms in total. The number of rotatable bonds is 4. The molecule has 0 aliphatic heterocycles. The predicted octanol–water partition coefficient (Wildman–Crippen LogP) is 2.65. The maximum absolute atomic E-state index is 8.84. The fraction of sp³-hybridized carbons (Fsp3) is 0.235. The van der Waals surface area contributed by atoms with Crippen molar-refractivity contribution in [3.8, 4) is 6.19 Å². The number of aromatic nitrogens is 1. The summed E-state index contributed by atoms with van der Waals surface area (Å²) < 4.78 is 0. The summed E-state index contributed by atoms with van der Waals surface area (Å²) in [7, 11) is 0. The van der Waals surface area contributed by atoms with Gasteiger partial charge in [0, 0.05) is 18.2 Å². The average molecular weight is 291 g/mol. The largest absolute Gasteiger partial charge is 0.354 e. The van der Waals surface area contributed by atoms with E-state index in [1.807, 2.05) is 24.4 Å². The molecule has 2 N–H and O–H groups in total. The van der Waals surface area contributed by atoms with Crippen LogP contribution in [-0.2, 0) is 5.41 Å². The van der Waals surface area contributed by atoms with Gasteiger partial charge in [-0.1, -0.05) is 30.3 Å². The molecule has 0 atom stereocenters. The second-order valence-corrected chi connectivity index (χ2v) is 5.43. The lowest BCUT2D eigenvalue weighted by atomic mass is 9.96. The Morgan fingerprint density at radius 1 is 1.23 bits per heavy atom. The van der Waals surface area contributed by atoms with Gasteiger partial charge in [0.25, 0.3) is 0 Å². The van der Waals surface area contributed by atoms with Gasteiger partial charge in [-0.05, 0) is 30.5 Å². The molecule has 0 amide bonds. The fourth-order valence-corrected chi connectivity index (χ4v) is 2.50. The lowest BCUT2D eigenvalue weighted by Gasteiger charge is -2.18. The standard InChI is InChI=1S/C17H17N5/c18-13-21-16(22-15-7-4-10-19-11-15)20-12-17(8-9-17)14-5-2-1-3-6-14/h1-7,10-11H,8-9,12H2,(H2,20,21,22). The summed E-state index contributed by atoms with van der Waals surface area (Å²) in [4.78, 5) is 7.85. The zero-order chi connectivity index (χ0) is 15.3. The number of hydrogen-bond donors (Lipinski definition) is 2. The minimum absolute atomic E-state index is 0.161. The summed E-state index contributed by atoms with van der Waals surface area (Å²) in [6.07, 6.45) is 7.52. The first kappa shape index (κ1) is 14.1. The molecule has 1 aliphatic rings. The highest BCUT2D eigenvalue weighted by Crippen LogP contribution is 2.47. The number of nitrogens with one attached hydrogen (secondary N) is 2. The Balaban J connectivity index is 1.66. The number of pyridine rings is 1. The molecule has 1 saturated carbocycles.